The van der Waals surface area contributed by atoms with E-state index in [1.54, 1.807) is 29.2 Å². The Balaban J connectivity index is 1.45. The zero-order chi connectivity index (χ0) is 18.9. The predicted molar refractivity (Wildman–Crippen MR) is 104 cm³/mol. The van der Waals surface area contributed by atoms with E-state index < -0.39 is 5.54 Å². The highest BCUT2D eigenvalue weighted by atomic mass is 16.5. The number of fused-ring (bicyclic) bond motifs is 1. The number of hydrogen-bond donors (Lipinski definition) is 2. The van der Waals surface area contributed by atoms with Gasteiger partial charge in [-0.2, -0.15) is 0 Å². The molecular formula is C21H23N3O3. The van der Waals surface area contributed by atoms with Crippen LogP contribution in [0.25, 0.3) is 0 Å². The predicted octanol–water partition coefficient (Wildman–Crippen LogP) is 2.34. The molecule has 0 atom stereocenters. The topological polar surface area (TPSA) is 84.7 Å². The van der Waals surface area contributed by atoms with Crippen LogP contribution in [-0.2, 0) is 16.0 Å². The van der Waals surface area contributed by atoms with E-state index in [1.165, 1.54) is 5.56 Å². The van der Waals surface area contributed by atoms with E-state index >= 15 is 0 Å². The van der Waals surface area contributed by atoms with Gasteiger partial charge in [0, 0.05) is 36.7 Å². The molecule has 0 radical (unpaired) electrons. The molecule has 0 unspecified atom stereocenters. The Morgan fingerprint density at radius 1 is 1.04 bits per heavy atom. The van der Waals surface area contributed by atoms with Gasteiger partial charge in [0.1, 0.15) is 5.54 Å². The van der Waals surface area contributed by atoms with E-state index in [0.29, 0.717) is 43.9 Å². The van der Waals surface area contributed by atoms with Gasteiger partial charge in [-0.1, -0.05) is 18.2 Å². The van der Waals surface area contributed by atoms with Crippen molar-refractivity contribution in [3.8, 4) is 0 Å². The monoisotopic (exact) mass is 365 g/mol. The number of nitrogens with one attached hydrogen (secondary N) is 1. The number of carbonyl (C=O) groups is 2. The van der Waals surface area contributed by atoms with E-state index in [2.05, 4.69) is 11.4 Å². The maximum absolute atomic E-state index is 12.8. The third-order valence-electron chi connectivity index (χ3n) is 5.36. The van der Waals surface area contributed by atoms with Gasteiger partial charge in [0.05, 0.1) is 0 Å². The van der Waals surface area contributed by atoms with Crippen molar-refractivity contribution >= 4 is 23.2 Å². The summed E-state index contributed by atoms with van der Waals surface area (Å²) >= 11 is 0. The lowest BCUT2D eigenvalue weighted by atomic mass is 9.90. The number of rotatable bonds is 3. The van der Waals surface area contributed by atoms with Gasteiger partial charge in [-0.25, -0.2) is 0 Å². The number of nitrogens with zero attached hydrogens (tertiary/aromatic N) is 1. The molecule has 3 N–H and O–H groups in total. The first-order valence-electron chi connectivity index (χ1n) is 9.25. The number of anilines is 2. The highest BCUT2D eigenvalue weighted by molar-refractivity contribution is 6.07. The quantitative estimate of drug-likeness (QED) is 0.874. The van der Waals surface area contributed by atoms with Crippen LogP contribution >= 0.6 is 0 Å². The SMILES string of the molecule is NC1(C(=O)Nc2ccc(C(=O)N3CCc4ccccc43)cc2)CCOCC1. The second-order valence-electron chi connectivity index (χ2n) is 7.14. The Morgan fingerprint density at radius 3 is 2.48 bits per heavy atom. The molecule has 0 bridgehead atoms. The minimum Gasteiger partial charge on any atom is -0.381 e. The van der Waals surface area contributed by atoms with Crippen molar-refractivity contribution in [1.82, 2.24) is 0 Å². The van der Waals surface area contributed by atoms with Crippen LogP contribution < -0.4 is 16.0 Å². The summed E-state index contributed by atoms with van der Waals surface area (Å²) in [6.45, 7) is 1.68. The van der Waals surface area contributed by atoms with Crippen molar-refractivity contribution in [2.45, 2.75) is 24.8 Å². The first kappa shape index (κ1) is 17.7. The van der Waals surface area contributed by atoms with Crippen molar-refractivity contribution in [2.24, 2.45) is 5.73 Å². The number of carbonyl (C=O) groups excluding carboxylic acids is 2. The third-order valence-corrected chi connectivity index (χ3v) is 5.36. The van der Waals surface area contributed by atoms with E-state index in [9.17, 15) is 9.59 Å². The lowest BCUT2D eigenvalue weighted by Gasteiger charge is -2.31. The van der Waals surface area contributed by atoms with Gasteiger partial charge in [-0.3, -0.25) is 9.59 Å². The fourth-order valence-corrected chi connectivity index (χ4v) is 3.62. The van der Waals surface area contributed by atoms with Crippen molar-refractivity contribution in [2.75, 3.05) is 30.0 Å². The molecule has 2 aromatic rings. The Hall–Kier alpha value is -2.70. The third kappa shape index (κ3) is 3.46. The van der Waals surface area contributed by atoms with Gasteiger partial charge in [0.15, 0.2) is 0 Å². The molecule has 0 aliphatic carbocycles. The molecule has 0 spiro atoms. The summed E-state index contributed by atoms with van der Waals surface area (Å²) in [6, 6.07) is 14.9. The van der Waals surface area contributed by atoms with Crippen LogP contribution in [0.4, 0.5) is 11.4 Å². The summed E-state index contributed by atoms with van der Waals surface area (Å²) < 4.78 is 5.28. The zero-order valence-corrected chi connectivity index (χ0v) is 15.1. The number of hydrogen-bond acceptors (Lipinski definition) is 4. The van der Waals surface area contributed by atoms with E-state index in [0.717, 1.165) is 12.1 Å². The van der Waals surface area contributed by atoms with Gasteiger partial charge in [-0.05, 0) is 55.2 Å². The van der Waals surface area contributed by atoms with Crippen LogP contribution in [0.2, 0.25) is 0 Å². The first-order chi connectivity index (χ1) is 13.1. The molecule has 2 aromatic carbocycles. The molecule has 27 heavy (non-hydrogen) atoms. The van der Waals surface area contributed by atoms with Gasteiger partial charge in [0.2, 0.25) is 5.91 Å². The maximum Gasteiger partial charge on any atom is 0.258 e. The van der Waals surface area contributed by atoms with Crippen LogP contribution in [0, 0.1) is 0 Å². The van der Waals surface area contributed by atoms with Crippen LogP contribution in [0.1, 0.15) is 28.8 Å². The van der Waals surface area contributed by atoms with Crippen LogP contribution in [0.15, 0.2) is 48.5 Å². The van der Waals surface area contributed by atoms with Gasteiger partial charge < -0.3 is 20.7 Å². The van der Waals surface area contributed by atoms with E-state index in [1.807, 2.05) is 18.2 Å². The van der Waals surface area contributed by atoms with Crippen LogP contribution in [0.3, 0.4) is 0 Å². The molecule has 1 fully saturated rings. The molecule has 2 aliphatic heterocycles. The maximum atomic E-state index is 12.8. The second-order valence-corrected chi connectivity index (χ2v) is 7.14. The summed E-state index contributed by atoms with van der Waals surface area (Å²) in [5.41, 5.74) is 8.71. The molecule has 2 amide bonds. The highest BCUT2D eigenvalue weighted by Crippen LogP contribution is 2.29. The van der Waals surface area contributed by atoms with Gasteiger partial charge in [0.25, 0.3) is 5.91 Å². The number of amides is 2. The molecular weight excluding hydrogens is 342 g/mol. The van der Waals surface area contributed by atoms with Gasteiger partial charge >= 0.3 is 0 Å². The lowest BCUT2D eigenvalue weighted by Crippen LogP contribution is -2.54. The molecule has 2 heterocycles. The van der Waals surface area contributed by atoms with Crippen molar-refractivity contribution in [3.63, 3.8) is 0 Å². The molecule has 140 valence electrons. The number of para-hydroxylation sites is 1. The summed E-state index contributed by atoms with van der Waals surface area (Å²) in [5.74, 6) is -0.240. The fourth-order valence-electron chi connectivity index (χ4n) is 3.62. The average Bonchev–Trinajstić information content (AvgIpc) is 3.13. The molecule has 0 aromatic heterocycles. The van der Waals surface area contributed by atoms with E-state index in [4.69, 9.17) is 10.5 Å². The lowest BCUT2D eigenvalue weighted by molar-refractivity contribution is -0.124. The smallest absolute Gasteiger partial charge is 0.258 e. The molecule has 6 heteroatoms. The summed E-state index contributed by atoms with van der Waals surface area (Å²) in [6.07, 6.45) is 1.88. The Bertz CT molecular complexity index is 857. The van der Waals surface area contributed by atoms with Crippen LogP contribution in [0.5, 0.6) is 0 Å². The number of benzene rings is 2. The fraction of sp³-hybridized carbons (Fsp3) is 0.333. The summed E-state index contributed by atoms with van der Waals surface area (Å²) in [7, 11) is 0. The second kappa shape index (κ2) is 7.13. The Morgan fingerprint density at radius 2 is 1.74 bits per heavy atom. The van der Waals surface area contributed by atoms with Gasteiger partial charge in [-0.15, -0.1) is 0 Å². The van der Waals surface area contributed by atoms with Crippen molar-refractivity contribution in [3.05, 3.63) is 59.7 Å². The minimum absolute atomic E-state index is 0.0300. The molecule has 2 aliphatic rings. The Labute approximate surface area is 158 Å². The average molecular weight is 365 g/mol. The molecule has 0 saturated carbocycles. The standard InChI is InChI=1S/C21H23N3O3/c22-21(10-13-27-14-11-21)20(26)23-17-7-5-16(6-8-17)19(25)24-12-9-15-3-1-2-4-18(15)24/h1-8H,9-14,22H2,(H,23,26). The molecule has 1 saturated heterocycles. The zero-order valence-electron chi connectivity index (χ0n) is 15.1. The normalized spacial score (nSPS) is 18.0. The number of ether oxygens (including phenoxy) is 1. The number of nitrogens with two attached hydrogens (primary N) is 1. The summed E-state index contributed by atoms with van der Waals surface area (Å²) in [5, 5.41) is 2.86. The first-order valence-corrected chi connectivity index (χ1v) is 9.25. The molecule has 6 nitrogen and oxygen atoms in total. The van der Waals surface area contributed by atoms with E-state index in [-0.39, 0.29) is 11.8 Å². The highest BCUT2D eigenvalue weighted by Gasteiger charge is 2.36. The Kier molecular flexibility index (Phi) is 4.68. The van der Waals surface area contributed by atoms with Crippen LogP contribution in [-0.4, -0.2) is 37.1 Å². The largest absolute Gasteiger partial charge is 0.381 e. The summed E-state index contributed by atoms with van der Waals surface area (Å²) in [4.78, 5) is 27.1. The van der Waals surface area contributed by atoms with Crippen molar-refractivity contribution < 1.29 is 14.3 Å². The minimum atomic E-state index is -0.897. The molecule has 4 rings (SSSR count). The van der Waals surface area contributed by atoms with Crippen molar-refractivity contribution in [1.29, 1.82) is 0 Å².